The molecule has 0 radical (unpaired) electrons. The lowest BCUT2D eigenvalue weighted by Crippen LogP contribution is -2.32. The molecule has 2 N–H and O–H groups in total. The van der Waals surface area contributed by atoms with Crippen molar-refractivity contribution in [2.45, 2.75) is 32.7 Å². The van der Waals surface area contributed by atoms with Crippen LogP contribution in [0.5, 0.6) is 0 Å². The summed E-state index contributed by atoms with van der Waals surface area (Å²) in [5.74, 6) is 0.224. The molecule has 0 bridgehead atoms. The van der Waals surface area contributed by atoms with Crippen LogP contribution < -0.4 is 5.73 Å². The number of nitrogens with zero attached hydrogens (tertiary/aromatic N) is 2. The lowest BCUT2D eigenvalue weighted by molar-refractivity contribution is -0.127. The molecular weight excluding hydrogens is 261 g/mol. The second kappa shape index (κ2) is 9.95. The van der Waals surface area contributed by atoms with Gasteiger partial charge in [-0.15, -0.1) is 24.8 Å². The van der Waals surface area contributed by atoms with Crippen LogP contribution in [0, 0.1) is 0 Å². The first-order chi connectivity index (χ1) is 7.17. The molecule has 1 heterocycles. The van der Waals surface area contributed by atoms with Gasteiger partial charge in [0.2, 0.25) is 5.91 Å². The molecule has 1 saturated heterocycles. The molecule has 1 unspecified atom stereocenters. The van der Waals surface area contributed by atoms with E-state index in [-0.39, 0.29) is 36.8 Å². The summed E-state index contributed by atoms with van der Waals surface area (Å²) in [6, 6.07) is 0.0611. The second-order valence-corrected chi connectivity index (χ2v) is 4.18. The molecule has 0 aliphatic carbocycles. The highest BCUT2D eigenvalue weighted by molar-refractivity contribution is 5.85. The van der Waals surface area contributed by atoms with Gasteiger partial charge in [0.05, 0.1) is 0 Å². The number of carbonyl (C=O) groups excluding carboxylic acids is 1. The van der Waals surface area contributed by atoms with Crippen LogP contribution in [0.4, 0.5) is 0 Å². The maximum Gasteiger partial charge on any atom is 0.224 e. The van der Waals surface area contributed by atoms with Crippen molar-refractivity contribution < 1.29 is 4.79 Å². The Morgan fingerprint density at radius 3 is 2.35 bits per heavy atom. The Balaban J connectivity index is 0. The van der Waals surface area contributed by atoms with Gasteiger partial charge >= 0.3 is 0 Å². The number of hydrogen-bond donors (Lipinski definition) is 1. The molecule has 1 aliphatic rings. The van der Waals surface area contributed by atoms with E-state index in [0.29, 0.717) is 6.42 Å². The van der Waals surface area contributed by atoms with Gasteiger partial charge in [0.1, 0.15) is 0 Å². The number of likely N-dealkylation sites (tertiary alicyclic amines) is 1. The van der Waals surface area contributed by atoms with Crippen molar-refractivity contribution in [2.75, 3.05) is 32.7 Å². The molecule has 0 saturated carbocycles. The Morgan fingerprint density at radius 1 is 1.35 bits per heavy atom. The van der Waals surface area contributed by atoms with Crippen LogP contribution in [-0.4, -0.2) is 54.5 Å². The van der Waals surface area contributed by atoms with E-state index < -0.39 is 0 Å². The van der Waals surface area contributed by atoms with Crippen LogP contribution in [0.15, 0.2) is 0 Å². The summed E-state index contributed by atoms with van der Waals surface area (Å²) in [6.45, 7) is 9.20. The number of carbonyl (C=O) groups is 1. The van der Waals surface area contributed by atoms with E-state index in [9.17, 15) is 4.79 Å². The molecule has 6 heteroatoms. The molecule has 0 aromatic carbocycles. The monoisotopic (exact) mass is 285 g/mol. The van der Waals surface area contributed by atoms with Gasteiger partial charge in [0.15, 0.2) is 0 Å². The standard InChI is InChI=1S/C11H23N3O.2ClH/c1-3-13(4-2)6-5-7-14-9-10(12)8-11(14)15;;/h10H,3-9,12H2,1-2H3;2*1H. The van der Waals surface area contributed by atoms with E-state index in [1.807, 2.05) is 4.90 Å². The summed E-state index contributed by atoms with van der Waals surface area (Å²) in [5, 5.41) is 0. The molecule has 0 aromatic rings. The summed E-state index contributed by atoms with van der Waals surface area (Å²) in [6.07, 6.45) is 1.59. The third-order valence-electron chi connectivity index (χ3n) is 3.04. The Kier molecular flexibility index (Phi) is 11.3. The smallest absolute Gasteiger partial charge is 0.224 e. The van der Waals surface area contributed by atoms with Gasteiger partial charge in [-0.3, -0.25) is 4.79 Å². The zero-order valence-electron chi connectivity index (χ0n) is 10.7. The normalized spacial score (nSPS) is 19.2. The number of amides is 1. The van der Waals surface area contributed by atoms with Crippen molar-refractivity contribution in [3.05, 3.63) is 0 Å². The predicted molar refractivity (Wildman–Crippen MR) is 76.1 cm³/mol. The molecule has 1 fully saturated rings. The molecule has 104 valence electrons. The number of hydrogen-bond acceptors (Lipinski definition) is 3. The molecular formula is C11H25Cl2N3O. The van der Waals surface area contributed by atoms with Gasteiger partial charge < -0.3 is 15.5 Å². The minimum Gasteiger partial charge on any atom is -0.341 e. The van der Waals surface area contributed by atoms with Gasteiger partial charge in [0, 0.05) is 25.6 Å². The zero-order valence-corrected chi connectivity index (χ0v) is 12.4. The van der Waals surface area contributed by atoms with Crippen LogP contribution in [-0.2, 0) is 4.79 Å². The van der Waals surface area contributed by atoms with Crippen LogP contribution in [0.2, 0.25) is 0 Å². The van der Waals surface area contributed by atoms with Crippen molar-refractivity contribution in [2.24, 2.45) is 5.73 Å². The zero-order chi connectivity index (χ0) is 11.3. The minimum absolute atomic E-state index is 0. The van der Waals surface area contributed by atoms with E-state index in [4.69, 9.17) is 5.73 Å². The molecule has 1 aliphatic heterocycles. The predicted octanol–water partition coefficient (Wildman–Crippen LogP) is 1.12. The fourth-order valence-corrected chi connectivity index (χ4v) is 2.04. The van der Waals surface area contributed by atoms with Crippen molar-refractivity contribution in [1.29, 1.82) is 0 Å². The number of nitrogens with two attached hydrogens (primary N) is 1. The van der Waals surface area contributed by atoms with Crippen LogP contribution >= 0.6 is 24.8 Å². The third kappa shape index (κ3) is 6.46. The molecule has 17 heavy (non-hydrogen) atoms. The summed E-state index contributed by atoms with van der Waals surface area (Å²) >= 11 is 0. The fourth-order valence-electron chi connectivity index (χ4n) is 2.04. The van der Waals surface area contributed by atoms with E-state index in [1.54, 1.807) is 0 Å². The first kappa shape index (κ1) is 19.3. The quantitative estimate of drug-likeness (QED) is 0.796. The van der Waals surface area contributed by atoms with Crippen molar-refractivity contribution >= 4 is 30.7 Å². The van der Waals surface area contributed by atoms with Gasteiger partial charge in [0.25, 0.3) is 0 Å². The van der Waals surface area contributed by atoms with E-state index in [0.717, 1.165) is 39.1 Å². The van der Waals surface area contributed by atoms with Crippen molar-refractivity contribution in [3.8, 4) is 0 Å². The molecule has 4 nitrogen and oxygen atoms in total. The van der Waals surface area contributed by atoms with E-state index in [1.165, 1.54) is 0 Å². The third-order valence-corrected chi connectivity index (χ3v) is 3.04. The maximum atomic E-state index is 11.4. The Hall–Kier alpha value is -0.0300. The Bertz CT molecular complexity index is 213. The maximum absolute atomic E-state index is 11.4. The van der Waals surface area contributed by atoms with Crippen molar-refractivity contribution in [3.63, 3.8) is 0 Å². The fraction of sp³-hybridized carbons (Fsp3) is 0.909. The molecule has 1 atom stereocenters. The van der Waals surface area contributed by atoms with Gasteiger partial charge in [-0.2, -0.15) is 0 Å². The number of rotatable bonds is 6. The molecule has 1 rings (SSSR count). The van der Waals surface area contributed by atoms with Crippen LogP contribution in [0.1, 0.15) is 26.7 Å². The summed E-state index contributed by atoms with van der Waals surface area (Å²) in [4.78, 5) is 15.7. The molecule has 0 aromatic heterocycles. The first-order valence-corrected chi connectivity index (χ1v) is 5.93. The van der Waals surface area contributed by atoms with E-state index >= 15 is 0 Å². The summed E-state index contributed by atoms with van der Waals surface area (Å²) < 4.78 is 0. The lowest BCUT2D eigenvalue weighted by atomic mass is 10.3. The highest BCUT2D eigenvalue weighted by atomic mass is 35.5. The Labute approximate surface area is 117 Å². The van der Waals surface area contributed by atoms with Gasteiger partial charge in [-0.05, 0) is 26.1 Å². The van der Waals surface area contributed by atoms with Crippen LogP contribution in [0.3, 0.4) is 0 Å². The highest BCUT2D eigenvalue weighted by Gasteiger charge is 2.25. The topological polar surface area (TPSA) is 49.6 Å². The summed E-state index contributed by atoms with van der Waals surface area (Å²) in [7, 11) is 0. The summed E-state index contributed by atoms with van der Waals surface area (Å²) in [5.41, 5.74) is 5.73. The average Bonchev–Trinajstić information content (AvgIpc) is 2.52. The van der Waals surface area contributed by atoms with Gasteiger partial charge in [-0.1, -0.05) is 13.8 Å². The van der Waals surface area contributed by atoms with Gasteiger partial charge in [-0.25, -0.2) is 0 Å². The second-order valence-electron chi connectivity index (χ2n) is 4.18. The molecule has 1 amide bonds. The van der Waals surface area contributed by atoms with Crippen LogP contribution in [0.25, 0.3) is 0 Å². The Morgan fingerprint density at radius 2 is 1.94 bits per heavy atom. The largest absolute Gasteiger partial charge is 0.341 e. The minimum atomic E-state index is 0. The van der Waals surface area contributed by atoms with E-state index in [2.05, 4.69) is 18.7 Å². The van der Waals surface area contributed by atoms with Crippen molar-refractivity contribution in [1.82, 2.24) is 9.80 Å². The lowest BCUT2D eigenvalue weighted by Gasteiger charge is -2.21. The SMILES string of the molecule is CCN(CC)CCCN1CC(N)CC1=O.Cl.Cl. The average molecular weight is 286 g/mol. The first-order valence-electron chi connectivity index (χ1n) is 5.93. The number of halogens is 2. The molecule has 0 spiro atoms. The highest BCUT2D eigenvalue weighted by Crippen LogP contribution is 2.09.